The van der Waals surface area contributed by atoms with Crippen LogP contribution in [0.4, 0.5) is 0 Å². The van der Waals surface area contributed by atoms with Gasteiger partial charge in [0, 0.05) is 13.0 Å². The molecule has 0 radical (unpaired) electrons. The van der Waals surface area contributed by atoms with E-state index in [0.717, 1.165) is 44.1 Å². The molecule has 0 aromatic rings. The van der Waals surface area contributed by atoms with Crippen LogP contribution in [0.1, 0.15) is 64.2 Å². The summed E-state index contributed by atoms with van der Waals surface area (Å²) in [6, 6.07) is 0. The van der Waals surface area contributed by atoms with Crippen LogP contribution in [-0.2, 0) is 9.59 Å². The number of carboxylic acid groups (broad SMARTS) is 1. The Balaban J connectivity index is 1.48. The molecule has 3 rings (SSSR count). The molecule has 3 saturated carbocycles. The Morgan fingerprint density at radius 2 is 1.62 bits per heavy atom. The number of nitrogens with one attached hydrogen (secondary N) is 1. The van der Waals surface area contributed by atoms with Crippen LogP contribution in [-0.4, -0.2) is 23.5 Å². The van der Waals surface area contributed by atoms with Crippen molar-refractivity contribution in [2.45, 2.75) is 64.2 Å². The molecule has 0 aromatic heterocycles. The van der Waals surface area contributed by atoms with Gasteiger partial charge < -0.3 is 10.4 Å². The van der Waals surface area contributed by atoms with Crippen molar-refractivity contribution in [3.05, 3.63) is 0 Å². The Morgan fingerprint density at radius 1 is 1.05 bits per heavy atom. The lowest BCUT2D eigenvalue weighted by molar-refractivity contribution is -0.140. The van der Waals surface area contributed by atoms with E-state index in [4.69, 9.17) is 5.11 Å². The summed E-state index contributed by atoms with van der Waals surface area (Å²) in [6.45, 7) is 0.817. The second-order valence-electron chi connectivity index (χ2n) is 7.60. The Bertz CT molecular complexity index is 394. The molecule has 4 nitrogen and oxygen atoms in total. The van der Waals surface area contributed by atoms with E-state index in [-0.39, 0.29) is 17.7 Å². The molecule has 0 aromatic carbocycles. The zero-order valence-electron chi connectivity index (χ0n) is 12.8. The smallest absolute Gasteiger partial charge is 0.303 e. The van der Waals surface area contributed by atoms with Gasteiger partial charge in [-0.3, -0.25) is 9.59 Å². The molecule has 0 saturated heterocycles. The summed E-state index contributed by atoms with van der Waals surface area (Å²) >= 11 is 0. The summed E-state index contributed by atoms with van der Waals surface area (Å²) in [5.74, 6) is 1.69. The summed E-state index contributed by atoms with van der Waals surface area (Å²) in [4.78, 5) is 23.3. The first-order valence-electron chi connectivity index (χ1n) is 8.56. The van der Waals surface area contributed by atoms with Gasteiger partial charge >= 0.3 is 5.97 Å². The molecule has 0 aliphatic heterocycles. The van der Waals surface area contributed by atoms with Crippen molar-refractivity contribution in [1.82, 2.24) is 5.32 Å². The second kappa shape index (κ2) is 5.98. The van der Waals surface area contributed by atoms with E-state index >= 15 is 0 Å². The van der Waals surface area contributed by atoms with Gasteiger partial charge in [0.25, 0.3) is 0 Å². The van der Waals surface area contributed by atoms with Gasteiger partial charge in [-0.15, -0.1) is 0 Å². The molecule has 0 heterocycles. The van der Waals surface area contributed by atoms with E-state index < -0.39 is 5.97 Å². The molecule has 118 valence electrons. The fourth-order valence-corrected chi connectivity index (χ4v) is 4.26. The topological polar surface area (TPSA) is 66.4 Å². The number of aliphatic carboxylic acids is 1. The summed E-state index contributed by atoms with van der Waals surface area (Å²) in [5.41, 5.74) is -0.273. The number of hydrogen-bond acceptors (Lipinski definition) is 2. The minimum absolute atomic E-state index is 0.0736. The summed E-state index contributed by atoms with van der Waals surface area (Å²) in [7, 11) is 0. The summed E-state index contributed by atoms with van der Waals surface area (Å²) in [6.07, 6.45) is 9.79. The highest BCUT2D eigenvalue weighted by molar-refractivity contribution is 5.78. The summed E-state index contributed by atoms with van der Waals surface area (Å²) in [5, 5.41) is 12.2. The number of carbonyl (C=O) groups excluding carboxylic acids is 1. The van der Waals surface area contributed by atoms with Gasteiger partial charge in [0.15, 0.2) is 0 Å². The minimum Gasteiger partial charge on any atom is -0.481 e. The van der Waals surface area contributed by atoms with Crippen molar-refractivity contribution in [2.75, 3.05) is 6.54 Å². The Hall–Kier alpha value is -1.06. The molecule has 0 unspecified atom stereocenters. The molecule has 3 fully saturated rings. The van der Waals surface area contributed by atoms with E-state index in [1.165, 1.54) is 25.7 Å². The fourth-order valence-electron chi connectivity index (χ4n) is 4.26. The Kier molecular flexibility index (Phi) is 4.23. The molecule has 1 amide bonds. The van der Waals surface area contributed by atoms with Gasteiger partial charge in [0.1, 0.15) is 0 Å². The van der Waals surface area contributed by atoms with Crippen molar-refractivity contribution < 1.29 is 14.7 Å². The third-order valence-corrected chi connectivity index (χ3v) is 5.72. The lowest BCUT2D eigenvalue weighted by Gasteiger charge is -2.27. The summed E-state index contributed by atoms with van der Waals surface area (Å²) < 4.78 is 0. The van der Waals surface area contributed by atoms with E-state index in [1.807, 2.05) is 0 Å². The molecule has 3 aliphatic rings. The lowest BCUT2D eigenvalue weighted by atomic mass is 9.79. The third-order valence-electron chi connectivity index (χ3n) is 5.72. The zero-order chi connectivity index (χ0) is 14.9. The van der Waals surface area contributed by atoms with Crippen LogP contribution in [0.5, 0.6) is 0 Å². The maximum Gasteiger partial charge on any atom is 0.303 e. The van der Waals surface area contributed by atoms with E-state index in [0.29, 0.717) is 12.3 Å². The normalized spacial score (nSPS) is 24.2. The highest BCUT2D eigenvalue weighted by Gasteiger charge is 2.42. The molecule has 2 N–H and O–H groups in total. The second-order valence-corrected chi connectivity index (χ2v) is 7.60. The number of hydrogen-bond donors (Lipinski definition) is 2. The average Bonchev–Trinajstić information content (AvgIpc) is 3.31. The predicted octanol–water partition coefficient (Wildman–Crippen LogP) is 2.96. The van der Waals surface area contributed by atoms with Gasteiger partial charge in [0.2, 0.25) is 5.91 Å². The van der Waals surface area contributed by atoms with Crippen molar-refractivity contribution >= 4 is 11.9 Å². The Morgan fingerprint density at radius 3 is 2.10 bits per heavy atom. The Labute approximate surface area is 126 Å². The van der Waals surface area contributed by atoms with Crippen molar-refractivity contribution in [3.8, 4) is 0 Å². The molecular formula is C17H27NO3. The van der Waals surface area contributed by atoms with Gasteiger partial charge in [-0.1, -0.05) is 12.8 Å². The SMILES string of the molecule is O=C(O)CC1(CC(=O)NCC(C2CC2)C2CC2)CCCC1. The maximum atomic E-state index is 12.3. The lowest BCUT2D eigenvalue weighted by Crippen LogP contribution is -2.35. The maximum absolute atomic E-state index is 12.3. The van der Waals surface area contributed by atoms with Crippen LogP contribution in [0.2, 0.25) is 0 Å². The standard InChI is InChI=1S/C17H27NO3/c19-15(9-17(10-16(20)21)7-1-2-8-17)18-11-14(12-3-4-12)13-5-6-13/h12-14H,1-11H2,(H,18,19)(H,20,21). The monoisotopic (exact) mass is 293 g/mol. The predicted molar refractivity (Wildman–Crippen MR) is 79.7 cm³/mol. The highest BCUT2D eigenvalue weighted by atomic mass is 16.4. The first kappa shape index (κ1) is 14.9. The first-order chi connectivity index (χ1) is 10.1. The molecule has 0 bridgehead atoms. The molecule has 21 heavy (non-hydrogen) atoms. The number of amides is 1. The minimum atomic E-state index is -0.765. The fraction of sp³-hybridized carbons (Fsp3) is 0.882. The van der Waals surface area contributed by atoms with Crippen LogP contribution in [0.15, 0.2) is 0 Å². The van der Waals surface area contributed by atoms with Gasteiger partial charge in [-0.05, 0) is 61.7 Å². The van der Waals surface area contributed by atoms with Gasteiger partial charge in [0.05, 0.1) is 6.42 Å². The van der Waals surface area contributed by atoms with E-state index in [1.54, 1.807) is 0 Å². The number of rotatable bonds is 8. The molecule has 4 heteroatoms. The zero-order valence-corrected chi connectivity index (χ0v) is 12.8. The number of carbonyl (C=O) groups is 2. The first-order valence-corrected chi connectivity index (χ1v) is 8.56. The van der Waals surface area contributed by atoms with Gasteiger partial charge in [-0.25, -0.2) is 0 Å². The van der Waals surface area contributed by atoms with Gasteiger partial charge in [-0.2, -0.15) is 0 Å². The van der Waals surface area contributed by atoms with Crippen molar-refractivity contribution in [3.63, 3.8) is 0 Å². The van der Waals surface area contributed by atoms with Crippen LogP contribution in [0.25, 0.3) is 0 Å². The van der Waals surface area contributed by atoms with Crippen LogP contribution < -0.4 is 5.32 Å². The molecular weight excluding hydrogens is 266 g/mol. The molecule has 0 atom stereocenters. The van der Waals surface area contributed by atoms with Crippen molar-refractivity contribution in [1.29, 1.82) is 0 Å². The average molecular weight is 293 g/mol. The van der Waals surface area contributed by atoms with Crippen molar-refractivity contribution in [2.24, 2.45) is 23.2 Å². The van der Waals surface area contributed by atoms with Crippen LogP contribution in [0, 0.1) is 23.2 Å². The largest absolute Gasteiger partial charge is 0.481 e. The van der Waals surface area contributed by atoms with Crippen LogP contribution in [0.3, 0.4) is 0 Å². The third kappa shape index (κ3) is 3.98. The quantitative estimate of drug-likeness (QED) is 0.723. The van der Waals surface area contributed by atoms with E-state index in [2.05, 4.69) is 5.32 Å². The number of carboxylic acids is 1. The molecule has 0 spiro atoms. The van der Waals surface area contributed by atoms with Crippen LogP contribution >= 0.6 is 0 Å². The highest BCUT2D eigenvalue weighted by Crippen LogP contribution is 2.49. The molecule has 3 aliphatic carbocycles. The van der Waals surface area contributed by atoms with E-state index in [9.17, 15) is 9.59 Å².